The van der Waals surface area contributed by atoms with Crippen molar-refractivity contribution in [1.29, 1.82) is 0 Å². The van der Waals surface area contributed by atoms with Gasteiger partial charge in [-0.25, -0.2) is 23.4 Å². The fraction of sp³-hybridized carbons (Fsp3) is 0.538. The topological polar surface area (TPSA) is 113 Å². The highest BCUT2D eigenvalue weighted by Gasteiger charge is 2.38. The smallest absolute Gasteiger partial charge is 0.233 e. The van der Waals surface area contributed by atoms with Crippen LogP contribution in [0.15, 0.2) is 30.7 Å². The number of rotatable bonds is 7. The minimum absolute atomic E-state index is 0.171. The lowest BCUT2D eigenvalue weighted by molar-refractivity contribution is 0.177. The molecule has 3 aromatic rings. The summed E-state index contributed by atoms with van der Waals surface area (Å²) in [6.07, 6.45) is 4.75. The summed E-state index contributed by atoms with van der Waals surface area (Å²) >= 11 is 0. The zero-order valence-corrected chi connectivity index (χ0v) is 22.3. The molecule has 0 bridgehead atoms. The molecule has 10 nitrogen and oxygen atoms in total. The molecule has 1 aromatic carbocycles. The Morgan fingerprint density at radius 2 is 1.78 bits per heavy atom. The first kappa shape index (κ1) is 24.3. The summed E-state index contributed by atoms with van der Waals surface area (Å²) in [6.45, 7) is 9.28. The van der Waals surface area contributed by atoms with Crippen molar-refractivity contribution in [2.75, 3.05) is 66.5 Å². The fourth-order valence-electron chi connectivity index (χ4n) is 5.86. The predicted molar refractivity (Wildman–Crippen MR) is 144 cm³/mol. The molecular formula is C26H33N7O3S. The molecule has 5 heterocycles. The molecule has 0 spiro atoms. The number of hydrogen-bond acceptors (Lipinski definition) is 10. The van der Waals surface area contributed by atoms with Gasteiger partial charge in [0, 0.05) is 67.5 Å². The maximum absolute atomic E-state index is 11.7. The molecular weight excluding hydrogens is 490 g/mol. The number of sulfone groups is 1. The Labute approximate surface area is 217 Å². The molecule has 3 aliphatic rings. The summed E-state index contributed by atoms with van der Waals surface area (Å²) in [5, 5.41) is 5.47. The van der Waals surface area contributed by atoms with Gasteiger partial charge in [-0.3, -0.25) is 0 Å². The summed E-state index contributed by atoms with van der Waals surface area (Å²) in [5.41, 5.74) is 2.33. The van der Waals surface area contributed by atoms with E-state index in [0.29, 0.717) is 35.5 Å². The van der Waals surface area contributed by atoms with E-state index < -0.39 is 9.84 Å². The number of nitrogens with one attached hydrogen (secondary N) is 1. The minimum Gasteiger partial charge on any atom is -0.381 e. The number of hydrogen-bond donors (Lipinski definition) is 1. The van der Waals surface area contributed by atoms with Crippen LogP contribution in [-0.2, 0) is 14.6 Å². The summed E-state index contributed by atoms with van der Waals surface area (Å²) in [5.74, 6) is 3.66. The standard InChI is InChI=1S/C26H33N7O3S/c1-16(2)20-4-5-23(32-8-17(9-32)14-37(3,34)35)22-7-27-24(6-21(20)22)30-25-28-15-29-26(31-25)33-10-18-12-36-13-19(18)11-33/h4-7,15-19H,8-14H2,1-3H3,(H,27,28,29,30,31)/t18-,19+. The molecule has 37 heavy (non-hydrogen) atoms. The first-order valence-electron chi connectivity index (χ1n) is 12.9. The normalized spacial score (nSPS) is 22.1. The maximum atomic E-state index is 11.7. The van der Waals surface area contributed by atoms with Gasteiger partial charge < -0.3 is 19.9 Å². The van der Waals surface area contributed by atoms with Gasteiger partial charge in [-0.15, -0.1) is 0 Å². The molecule has 3 saturated heterocycles. The van der Waals surface area contributed by atoms with Crippen LogP contribution in [0.4, 0.5) is 23.4 Å². The van der Waals surface area contributed by atoms with Gasteiger partial charge in [0.25, 0.3) is 0 Å². The van der Waals surface area contributed by atoms with Gasteiger partial charge in [-0.05, 0) is 29.0 Å². The highest BCUT2D eigenvalue weighted by molar-refractivity contribution is 7.90. The van der Waals surface area contributed by atoms with Crippen molar-refractivity contribution in [1.82, 2.24) is 19.9 Å². The Morgan fingerprint density at radius 3 is 2.49 bits per heavy atom. The molecule has 3 aliphatic heterocycles. The molecule has 2 aromatic heterocycles. The van der Waals surface area contributed by atoms with E-state index in [4.69, 9.17) is 9.72 Å². The van der Waals surface area contributed by atoms with Crippen molar-refractivity contribution in [2.24, 2.45) is 17.8 Å². The van der Waals surface area contributed by atoms with E-state index >= 15 is 0 Å². The number of nitrogens with zero attached hydrogens (tertiary/aromatic N) is 6. The summed E-state index contributed by atoms with van der Waals surface area (Å²) in [7, 11) is -2.97. The Balaban J connectivity index is 1.24. The van der Waals surface area contributed by atoms with Crippen molar-refractivity contribution in [3.63, 3.8) is 0 Å². The Bertz CT molecular complexity index is 1410. The third-order valence-electron chi connectivity index (χ3n) is 7.69. The fourth-order valence-corrected chi connectivity index (χ4v) is 6.93. The SMILES string of the molecule is CC(C)c1ccc(N2CC(CS(C)(=O)=O)C2)c2cnc(Nc3ncnc(N4C[C@H]5COC[C@H]5C4)n3)cc12. The lowest BCUT2D eigenvalue weighted by atomic mass is 9.93. The number of pyridine rings is 1. The van der Waals surface area contributed by atoms with Crippen molar-refractivity contribution >= 4 is 44.0 Å². The summed E-state index contributed by atoms with van der Waals surface area (Å²) in [6, 6.07) is 6.37. The van der Waals surface area contributed by atoms with Crippen LogP contribution < -0.4 is 15.1 Å². The quantitative estimate of drug-likeness (QED) is 0.496. The molecule has 0 aliphatic carbocycles. The van der Waals surface area contributed by atoms with Crippen LogP contribution >= 0.6 is 0 Å². The average Bonchev–Trinajstić information content (AvgIpc) is 3.43. The zero-order chi connectivity index (χ0) is 25.7. The van der Waals surface area contributed by atoms with E-state index in [1.807, 2.05) is 6.20 Å². The predicted octanol–water partition coefficient (Wildman–Crippen LogP) is 2.85. The second kappa shape index (κ2) is 9.36. The molecule has 2 atom stereocenters. The number of aromatic nitrogens is 4. The monoisotopic (exact) mass is 523 g/mol. The number of fused-ring (bicyclic) bond motifs is 2. The molecule has 0 saturated carbocycles. The van der Waals surface area contributed by atoms with E-state index in [9.17, 15) is 8.42 Å². The minimum atomic E-state index is -2.97. The van der Waals surface area contributed by atoms with Gasteiger partial charge in [-0.1, -0.05) is 19.9 Å². The third kappa shape index (κ3) is 4.94. The lowest BCUT2D eigenvalue weighted by Crippen LogP contribution is -2.49. The van der Waals surface area contributed by atoms with Gasteiger partial charge in [0.1, 0.15) is 22.0 Å². The van der Waals surface area contributed by atoms with Gasteiger partial charge in [0.15, 0.2) is 0 Å². The molecule has 0 amide bonds. The molecule has 6 rings (SSSR count). The number of anilines is 4. The number of benzene rings is 1. The van der Waals surface area contributed by atoms with Crippen LogP contribution in [0.3, 0.4) is 0 Å². The molecule has 11 heteroatoms. The van der Waals surface area contributed by atoms with Crippen LogP contribution in [-0.4, -0.2) is 79.8 Å². The lowest BCUT2D eigenvalue weighted by Gasteiger charge is -2.41. The molecule has 196 valence electrons. The van der Waals surface area contributed by atoms with E-state index in [2.05, 4.69) is 62.1 Å². The van der Waals surface area contributed by atoms with E-state index in [1.165, 1.54) is 11.8 Å². The van der Waals surface area contributed by atoms with Gasteiger partial charge in [0.05, 0.1) is 19.0 Å². The van der Waals surface area contributed by atoms with Crippen LogP contribution in [0, 0.1) is 17.8 Å². The summed E-state index contributed by atoms with van der Waals surface area (Å²) < 4.78 is 29.0. The first-order valence-corrected chi connectivity index (χ1v) is 14.9. The number of ether oxygens (including phenoxy) is 1. The van der Waals surface area contributed by atoms with Crippen LogP contribution in [0.25, 0.3) is 10.8 Å². The second-order valence-corrected chi connectivity index (χ2v) is 13.2. The Hall–Kier alpha value is -3.05. The zero-order valence-electron chi connectivity index (χ0n) is 21.5. The maximum Gasteiger partial charge on any atom is 0.233 e. The van der Waals surface area contributed by atoms with Gasteiger partial charge in [-0.2, -0.15) is 4.98 Å². The Kier molecular flexibility index (Phi) is 6.15. The second-order valence-electron chi connectivity index (χ2n) is 11.0. The van der Waals surface area contributed by atoms with Crippen molar-refractivity contribution in [3.8, 4) is 0 Å². The molecule has 0 radical (unpaired) electrons. The molecule has 3 fully saturated rings. The molecule has 0 unspecified atom stereocenters. The van der Waals surface area contributed by atoms with Crippen LogP contribution in [0.5, 0.6) is 0 Å². The van der Waals surface area contributed by atoms with Crippen LogP contribution in [0.2, 0.25) is 0 Å². The van der Waals surface area contributed by atoms with E-state index in [1.54, 1.807) is 6.33 Å². The Morgan fingerprint density at radius 1 is 1.03 bits per heavy atom. The van der Waals surface area contributed by atoms with Gasteiger partial charge in [0.2, 0.25) is 11.9 Å². The largest absolute Gasteiger partial charge is 0.381 e. The van der Waals surface area contributed by atoms with Crippen molar-refractivity contribution in [2.45, 2.75) is 19.8 Å². The average molecular weight is 524 g/mol. The third-order valence-corrected chi connectivity index (χ3v) is 8.77. The van der Waals surface area contributed by atoms with E-state index in [-0.39, 0.29) is 11.7 Å². The van der Waals surface area contributed by atoms with Gasteiger partial charge >= 0.3 is 0 Å². The first-order chi connectivity index (χ1) is 17.7. The highest BCUT2D eigenvalue weighted by Crippen LogP contribution is 2.37. The van der Waals surface area contributed by atoms with E-state index in [0.717, 1.165) is 55.9 Å². The summed E-state index contributed by atoms with van der Waals surface area (Å²) in [4.78, 5) is 22.6. The van der Waals surface area contributed by atoms with Crippen molar-refractivity contribution < 1.29 is 13.2 Å². The highest BCUT2D eigenvalue weighted by atomic mass is 32.2. The van der Waals surface area contributed by atoms with Crippen LogP contribution in [0.1, 0.15) is 25.3 Å². The molecule has 1 N–H and O–H groups in total. The van der Waals surface area contributed by atoms with Crippen molar-refractivity contribution in [3.05, 3.63) is 36.3 Å².